The molecular weight excluding hydrogens is 668 g/mol. The Morgan fingerprint density at radius 2 is 1.65 bits per heavy atom. The number of benzene rings is 3. The second-order valence-corrected chi connectivity index (χ2v) is 13.8. The highest BCUT2D eigenvalue weighted by Gasteiger charge is 2.27. The van der Waals surface area contributed by atoms with E-state index < -0.39 is 37.0 Å². The van der Waals surface area contributed by atoms with Crippen LogP contribution in [0, 0.1) is 23.0 Å². The number of rotatable bonds is 13. The molecule has 0 radical (unpaired) electrons. The van der Waals surface area contributed by atoms with E-state index >= 15 is 0 Å². The lowest BCUT2D eigenvalue weighted by Gasteiger charge is -2.19. The van der Waals surface area contributed by atoms with Gasteiger partial charge in [-0.05, 0) is 77.2 Å². The number of carbonyl (C=O) groups excluding carboxylic acids is 1. The summed E-state index contributed by atoms with van der Waals surface area (Å²) < 4.78 is 64.5. The van der Waals surface area contributed by atoms with Crippen molar-refractivity contribution < 1.29 is 35.5 Å². The van der Waals surface area contributed by atoms with E-state index in [1.54, 1.807) is 12.1 Å². The van der Waals surface area contributed by atoms with E-state index in [2.05, 4.69) is 31.2 Å². The first kappa shape index (κ1) is 33.6. The highest BCUT2D eigenvalue weighted by molar-refractivity contribution is 9.10. The molecular formula is C27H29BrN4O9S2. The van der Waals surface area contributed by atoms with Crippen LogP contribution in [0.1, 0.15) is 31.4 Å². The average Bonchev–Trinajstić information content (AvgIpc) is 2.93. The molecule has 2 N–H and O–H groups in total. The van der Waals surface area contributed by atoms with Crippen LogP contribution in [0.5, 0.6) is 11.5 Å². The first-order valence-electron chi connectivity index (χ1n) is 12.6. The van der Waals surface area contributed by atoms with Gasteiger partial charge in [-0.15, -0.1) is 0 Å². The van der Waals surface area contributed by atoms with Crippen molar-refractivity contribution in [3.8, 4) is 11.5 Å². The van der Waals surface area contributed by atoms with Crippen molar-refractivity contribution >= 4 is 53.9 Å². The Bertz CT molecular complexity index is 1730. The van der Waals surface area contributed by atoms with Crippen LogP contribution in [0.3, 0.4) is 0 Å². The van der Waals surface area contributed by atoms with E-state index in [-0.39, 0.29) is 43.8 Å². The molecule has 0 aliphatic rings. The molecule has 0 unspecified atom stereocenters. The molecule has 0 aromatic heterocycles. The van der Waals surface area contributed by atoms with Crippen LogP contribution in [0.25, 0.3) is 0 Å². The Hall–Kier alpha value is -3.86. The first-order valence-corrected chi connectivity index (χ1v) is 16.3. The smallest absolute Gasteiger partial charge is 0.339 e. The quantitative estimate of drug-likeness (QED) is 0.114. The fourth-order valence-corrected chi connectivity index (χ4v) is 6.50. The summed E-state index contributed by atoms with van der Waals surface area (Å²) in [7, 11) is -7.09. The number of hydrazone groups is 1. The second kappa shape index (κ2) is 14.1. The van der Waals surface area contributed by atoms with Gasteiger partial charge in [0.2, 0.25) is 10.0 Å². The van der Waals surface area contributed by atoms with Gasteiger partial charge in [-0.2, -0.15) is 18.2 Å². The molecule has 3 aromatic rings. The Kier molecular flexibility index (Phi) is 11.0. The van der Waals surface area contributed by atoms with E-state index in [1.807, 2.05) is 20.8 Å². The monoisotopic (exact) mass is 696 g/mol. The number of methoxy groups -OCH3 is 1. The molecule has 16 heteroatoms. The molecule has 230 valence electrons. The normalized spacial score (nSPS) is 12.7. The number of nitrogens with zero attached hydrogens (tertiary/aromatic N) is 2. The maximum absolute atomic E-state index is 12.9. The minimum atomic E-state index is -4.39. The lowest BCUT2D eigenvalue weighted by atomic mass is 10.0. The van der Waals surface area contributed by atoms with E-state index in [9.17, 15) is 31.7 Å². The van der Waals surface area contributed by atoms with Crippen LogP contribution >= 0.6 is 15.9 Å². The Balaban J connectivity index is 1.77. The fraction of sp³-hybridized carbons (Fsp3) is 0.259. The lowest BCUT2D eigenvalue weighted by Crippen LogP contribution is -2.46. The Morgan fingerprint density at radius 1 is 1.05 bits per heavy atom. The van der Waals surface area contributed by atoms with Crippen molar-refractivity contribution in [2.24, 2.45) is 11.0 Å². The standard InChI is InChI=1S/C27H29BrN4O9S2/c1-17(2)13-24(31-42(36,37)21-9-5-18(3)6-10-21)27(33)30-29-16-19-14-23(28)26(25(15-19)40-4)41-43(38,39)22-11-7-20(8-12-22)32(34)35/h5-12,14-17,24,31H,13H2,1-4H3,(H,30,33)/b29-16-/t24-/m1/s1. The lowest BCUT2D eigenvalue weighted by molar-refractivity contribution is -0.384. The first-order chi connectivity index (χ1) is 20.1. The molecule has 0 spiro atoms. The van der Waals surface area contributed by atoms with Crippen molar-refractivity contribution in [2.45, 2.75) is 43.0 Å². The molecule has 0 saturated heterocycles. The van der Waals surface area contributed by atoms with Crippen molar-refractivity contribution in [3.05, 3.63) is 86.4 Å². The molecule has 0 fully saturated rings. The molecule has 0 aliphatic carbocycles. The largest absolute Gasteiger partial charge is 0.493 e. The number of amides is 1. The average molecular weight is 698 g/mol. The number of hydrogen-bond donors (Lipinski definition) is 2. The Morgan fingerprint density at radius 3 is 2.21 bits per heavy atom. The summed E-state index contributed by atoms with van der Waals surface area (Å²) in [5.41, 5.74) is 3.30. The number of nitro groups is 1. The summed E-state index contributed by atoms with van der Waals surface area (Å²) in [5, 5.41) is 14.8. The fourth-order valence-electron chi connectivity index (χ4n) is 3.69. The molecule has 0 aliphatic heterocycles. The predicted molar refractivity (Wildman–Crippen MR) is 162 cm³/mol. The topological polar surface area (TPSA) is 183 Å². The molecule has 43 heavy (non-hydrogen) atoms. The molecule has 13 nitrogen and oxygen atoms in total. The van der Waals surface area contributed by atoms with Gasteiger partial charge in [0.15, 0.2) is 11.5 Å². The van der Waals surface area contributed by atoms with Gasteiger partial charge in [0, 0.05) is 12.1 Å². The second-order valence-electron chi connectivity index (χ2n) is 9.67. The third kappa shape index (κ3) is 9.06. The number of hydrogen-bond acceptors (Lipinski definition) is 10. The van der Waals surface area contributed by atoms with E-state index in [0.29, 0.717) is 5.56 Å². The van der Waals surface area contributed by atoms with Gasteiger partial charge >= 0.3 is 10.1 Å². The number of aryl methyl sites for hydroxylation is 1. The van der Waals surface area contributed by atoms with E-state index in [1.165, 1.54) is 37.6 Å². The summed E-state index contributed by atoms with van der Waals surface area (Å²) in [6, 6.07) is 12.1. The van der Waals surface area contributed by atoms with Gasteiger partial charge in [-0.3, -0.25) is 14.9 Å². The maximum atomic E-state index is 12.9. The summed E-state index contributed by atoms with van der Waals surface area (Å²) in [5.74, 6) is -0.892. The zero-order chi connectivity index (χ0) is 31.9. The molecule has 0 saturated carbocycles. The van der Waals surface area contributed by atoms with Crippen molar-refractivity contribution in [1.82, 2.24) is 10.1 Å². The van der Waals surface area contributed by atoms with Crippen LogP contribution in [-0.2, 0) is 24.9 Å². The number of non-ortho nitro benzene ring substituents is 1. The van der Waals surface area contributed by atoms with Crippen LogP contribution in [0.15, 0.2) is 80.0 Å². The van der Waals surface area contributed by atoms with Gasteiger partial charge in [0.25, 0.3) is 11.6 Å². The zero-order valence-corrected chi connectivity index (χ0v) is 26.7. The number of halogens is 1. The number of nitro benzene ring substituents is 1. The van der Waals surface area contributed by atoms with Crippen molar-refractivity contribution in [3.63, 3.8) is 0 Å². The summed E-state index contributed by atoms with van der Waals surface area (Å²) in [4.78, 5) is 22.8. The van der Waals surface area contributed by atoms with Gasteiger partial charge in [0.1, 0.15) is 10.9 Å². The summed E-state index contributed by atoms with van der Waals surface area (Å²) >= 11 is 3.24. The van der Waals surface area contributed by atoms with Crippen LogP contribution in [0.2, 0.25) is 0 Å². The summed E-state index contributed by atoms with van der Waals surface area (Å²) in [6.07, 6.45) is 1.46. The van der Waals surface area contributed by atoms with Gasteiger partial charge < -0.3 is 8.92 Å². The third-order valence-electron chi connectivity index (χ3n) is 5.82. The molecule has 0 bridgehead atoms. The molecule has 1 amide bonds. The molecule has 3 aromatic carbocycles. The predicted octanol–water partition coefficient (Wildman–Crippen LogP) is 4.29. The third-order valence-corrected chi connectivity index (χ3v) is 9.13. The van der Waals surface area contributed by atoms with Gasteiger partial charge in [-0.1, -0.05) is 31.5 Å². The number of ether oxygens (including phenoxy) is 1. The molecule has 0 heterocycles. The maximum Gasteiger partial charge on any atom is 0.339 e. The SMILES string of the molecule is COc1cc(/C=N\NC(=O)[C@@H](CC(C)C)NS(=O)(=O)c2ccc(C)cc2)cc(Br)c1OS(=O)(=O)c1ccc([N+](=O)[O-])cc1. The summed E-state index contributed by atoms with van der Waals surface area (Å²) in [6.45, 7) is 5.52. The van der Waals surface area contributed by atoms with Crippen LogP contribution in [-0.4, -0.2) is 47.0 Å². The Labute approximate surface area is 257 Å². The van der Waals surface area contributed by atoms with Gasteiger partial charge in [-0.25, -0.2) is 13.8 Å². The number of nitrogens with one attached hydrogen (secondary N) is 2. The minimum Gasteiger partial charge on any atom is -0.493 e. The minimum absolute atomic E-state index is 0.00354. The molecule has 3 rings (SSSR count). The number of carbonyl (C=O) groups is 1. The highest BCUT2D eigenvalue weighted by atomic mass is 79.9. The highest BCUT2D eigenvalue weighted by Crippen LogP contribution is 2.38. The van der Waals surface area contributed by atoms with Crippen LogP contribution in [0.4, 0.5) is 5.69 Å². The van der Waals surface area contributed by atoms with Crippen molar-refractivity contribution in [1.29, 1.82) is 0 Å². The zero-order valence-electron chi connectivity index (χ0n) is 23.5. The van der Waals surface area contributed by atoms with Gasteiger partial charge in [0.05, 0.1) is 27.6 Å². The van der Waals surface area contributed by atoms with Crippen LogP contribution < -0.4 is 19.1 Å². The van der Waals surface area contributed by atoms with E-state index in [4.69, 9.17) is 8.92 Å². The molecule has 1 atom stereocenters. The van der Waals surface area contributed by atoms with E-state index in [0.717, 1.165) is 29.8 Å². The van der Waals surface area contributed by atoms with Crippen molar-refractivity contribution in [2.75, 3.05) is 7.11 Å². The number of sulfonamides is 1.